The fourth-order valence-electron chi connectivity index (χ4n) is 4.28. The molecule has 13 heteroatoms. The van der Waals surface area contributed by atoms with Crippen LogP contribution in [0.25, 0.3) is 0 Å². The van der Waals surface area contributed by atoms with Gasteiger partial charge in [-0.1, -0.05) is 6.07 Å². The molecule has 3 fully saturated rings. The number of hydrogen-bond acceptors (Lipinski definition) is 10. The number of Topliss-reactive ketones (excluding diaryl/α,β-unsaturated/α-hetero) is 1. The number of thiophene rings is 1. The number of carbonyl (C=O) groups excluding carboxylic acids is 2. The van der Waals surface area contributed by atoms with Crippen molar-refractivity contribution in [1.82, 2.24) is 5.43 Å². The van der Waals surface area contributed by atoms with Gasteiger partial charge >= 0.3 is 0 Å². The highest BCUT2D eigenvalue weighted by molar-refractivity contribution is 7.12. The summed E-state index contributed by atoms with van der Waals surface area (Å²) in [4.78, 5) is 46.5. The Hall–Kier alpha value is -3.55. The first-order chi connectivity index (χ1) is 15.3. The molecule has 2 aromatic rings. The van der Waals surface area contributed by atoms with E-state index in [1.165, 1.54) is 11.3 Å². The van der Waals surface area contributed by atoms with E-state index in [-0.39, 0.29) is 35.2 Å². The van der Waals surface area contributed by atoms with Crippen molar-refractivity contribution < 1.29 is 28.9 Å². The zero-order valence-corrected chi connectivity index (χ0v) is 16.9. The van der Waals surface area contributed by atoms with Crippen molar-refractivity contribution in [2.75, 3.05) is 6.61 Å². The summed E-state index contributed by atoms with van der Waals surface area (Å²) in [5.74, 6) is -1.59. The van der Waals surface area contributed by atoms with Crippen molar-refractivity contribution in [3.05, 3.63) is 66.4 Å². The summed E-state index contributed by atoms with van der Waals surface area (Å²) in [7, 11) is 0. The van der Waals surface area contributed by atoms with Gasteiger partial charge in [-0.25, -0.2) is 5.43 Å². The van der Waals surface area contributed by atoms with Gasteiger partial charge in [0.05, 0.1) is 44.8 Å². The summed E-state index contributed by atoms with van der Waals surface area (Å²) >= 11 is 1.35. The number of amides is 1. The van der Waals surface area contributed by atoms with Gasteiger partial charge < -0.3 is 9.47 Å². The monoisotopic (exact) mass is 458 g/mol. The molecule has 2 saturated heterocycles. The van der Waals surface area contributed by atoms with E-state index in [0.717, 1.165) is 18.2 Å². The molecule has 2 bridgehead atoms. The van der Waals surface area contributed by atoms with Crippen LogP contribution in [0.5, 0.6) is 0 Å². The molecule has 3 aliphatic rings. The molecule has 1 N–H and O–H groups in total. The Labute approximate surface area is 183 Å². The van der Waals surface area contributed by atoms with Gasteiger partial charge in [0.1, 0.15) is 0 Å². The van der Waals surface area contributed by atoms with Crippen LogP contribution >= 0.6 is 11.3 Å². The second-order valence-electron chi connectivity index (χ2n) is 7.54. The van der Waals surface area contributed by atoms with Crippen molar-refractivity contribution >= 4 is 40.1 Å². The van der Waals surface area contributed by atoms with E-state index < -0.39 is 33.4 Å². The van der Waals surface area contributed by atoms with Crippen LogP contribution in [-0.4, -0.2) is 46.2 Å². The summed E-state index contributed by atoms with van der Waals surface area (Å²) in [5.41, 5.74) is 1.14. The number of carbonyl (C=O) groups is 2. The molecule has 32 heavy (non-hydrogen) atoms. The van der Waals surface area contributed by atoms with Gasteiger partial charge in [0.15, 0.2) is 12.1 Å². The van der Waals surface area contributed by atoms with Crippen molar-refractivity contribution in [2.24, 2.45) is 22.9 Å². The number of non-ortho nitro benzene ring substituents is 2. The van der Waals surface area contributed by atoms with E-state index in [0.29, 0.717) is 17.2 Å². The molecule has 1 aromatic carbocycles. The van der Waals surface area contributed by atoms with Crippen LogP contribution < -0.4 is 5.43 Å². The second kappa shape index (κ2) is 7.55. The van der Waals surface area contributed by atoms with Gasteiger partial charge in [-0.2, -0.15) is 5.10 Å². The maximum absolute atomic E-state index is 12.9. The number of benzene rings is 1. The van der Waals surface area contributed by atoms with Crippen molar-refractivity contribution in [3.63, 3.8) is 0 Å². The molecular formula is C19H14N4O8S. The minimum Gasteiger partial charge on any atom is -0.344 e. The van der Waals surface area contributed by atoms with Crippen LogP contribution in [0.15, 0.2) is 40.8 Å². The van der Waals surface area contributed by atoms with E-state index in [1.807, 2.05) is 5.38 Å². The van der Waals surface area contributed by atoms with Crippen LogP contribution in [0.3, 0.4) is 0 Å². The average Bonchev–Trinajstić information content (AvgIpc) is 3.12. The topological polar surface area (TPSA) is 163 Å². The molecule has 1 saturated carbocycles. The lowest BCUT2D eigenvalue weighted by molar-refractivity contribution is -0.394. The van der Waals surface area contributed by atoms with Crippen LogP contribution in [0.1, 0.15) is 20.0 Å². The molecule has 1 aromatic heterocycles. The zero-order chi connectivity index (χ0) is 22.6. The Morgan fingerprint density at radius 1 is 1.16 bits per heavy atom. The first-order valence-electron chi connectivity index (χ1n) is 9.51. The predicted octanol–water partition coefficient (Wildman–Crippen LogP) is 2.15. The third-order valence-corrected chi connectivity index (χ3v) is 6.62. The number of fused-ring (bicyclic) bond motifs is 4. The molecule has 3 heterocycles. The maximum atomic E-state index is 12.9. The number of nitrogens with zero attached hydrogens (tertiary/aromatic N) is 3. The molecule has 2 aliphatic heterocycles. The number of nitro groups is 2. The van der Waals surface area contributed by atoms with Crippen molar-refractivity contribution in [2.45, 2.75) is 12.4 Å². The van der Waals surface area contributed by atoms with E-state index in [9.17, 15) is 29.8 Å². The molecule has 0 radical (unpaired) electrons. The first kappa shape index (κ1) is 20.4. The minimum absolute atomic E-state index is 0.0144. The Bertz CT molecular complexity index is 1150. The summed E-state index contributed by atoms with van der Waals surface area (Å²) in [5, 5.41) is 28.0. The smallest absolute Gasteiger partial charge is 0.277 e. The summed E-state index contributed by atoms with van der Waals surface area (Å²) in [6.45, 7) is 0.310. The highest BCUT2D eigenvalue weighted by Gasteiger charge is 2.67. The van der Waals surface area contributed by atoms with Gasteiger partial charge in [0, 0.05) is 29.9 Å². The fraction of sp³-hybridized carbons (Fsp3) is 0.316. The minimum atomic E-state index is -0.872. The van der Waals surface area contributed by atoms with E-state index in [1.54, 1.807) is 12.1 Å². The average molecular weight is 458 g/mol. The van der Waals surface area contributed by atoms with Crippen molar-refractivity contribution in [1.29, 1.82) is 0 Å². The van der Waals surface area contributed by atoms with Crippen LogP contribution in [0.4, 0.5) is 11.4 Å². The lowest BCUT2D eigenvalue weighted by Gasteiger charge is -2.18. The standard InChI is InChI=1S/C19H14N4O8S/c24-17(12-2-1-3-32-12)15-13-11-7-30-19(31-11)16(14(13)15)20-21-18(25)8-4-9(22(26)27)6-10(5-8)23(28)29/h1-6,11,13-15,19H,7H2,(H,21,25)/b20-16-/t11-,13-,14+,15?,19-/m1/s1. The molecule has 164 valence electrons. The van der Waals surface area contributed by atoms with Gasteiger partial charge in [0.2, 0.25) is 0 Å². The molecule has 5 rings (SSSR count). The largest absolute Gasteiger partial charge is 0.344 e. The number of rotatable bonds is 6. The van der Waals surface area contributed by atoms with Gasteiger partial charge in [-0.05, 0) is 11.4 Å². The maximum Gasteiger partial charge on any atom is 0.277 e. The summed E-state index contributed by atoms with van der Waals surface area (Å²) in [6, 6.07) is 6.15. The molecule has 0 spiro atoms. The summed E-state index contributed by atoms with van der Waals surface area (Å²) in [6.07, 6.45) is -1.03. The Balaban J connectivity index is 1.39. The first-order valence-corrected chi connectivity index (χ1v) is 10.4. The Morgan fingerprint density at radius 3 is 2.50 bits per heavy atom. The molecule has 5 atom stereocenters. The van der Waals surface area contributed by atoms with Crippen LogP contribution in [0.2, 0.25) is 0 Å². The van der Waals surface area contributed by atoms with E-state index >= 15 is 0 Å². The Kier molecular flexibility index (Phi) is 4.80. The molecule has 12 nitrogen and oxygen atoms in total. The van der Waals surface area contributed by atoms with Gasteiger partial charge in [-0.3, -0.25) is 29.8 Å². The van der Waals surface area contributed by atoms with Gasteiger partial charge in [-0.15, -0.1) is 11.3 Å². The number of ketones is 1. The number of hydrazone groups is 1. The molecule has 1 amide bonds. The summed E-state index contributed by atoms with van der Waals surface area (Å²) < 4.78 is 11.3. The van der Waals surface area contributed by atoms with Crippen molar-refractivity contribution in [3.8, 4) is 0 Å². The zero-order valence-electron chi connectivity index (χ0n) is 16.1. The van der Waals surface area contributed by atoms with E-state index in [2.05, 4.69) is 10.5 Å². The molecule has 1 aliphatic carbocycles. The SMILES string of the molecule is O=C(N/N=C1\[C@@H]2OC[C@@H](O2)[C@H]2C(C(=O)c3cccs3)[C@@H]12)c1cc([N+](=O)[O-])cc([N+](=O)[O-])c1. The lowest BCUT2D eigenvalue weighted by Crippen LogP contribution is -2.33. The number of hydrogen-bond donors (Lipinski definition) is 1. The van der Waals surface area contributed by atoms with Crippen LogP contribution in [-0.2, 0) is 9.47 Å². The number of nitro benzene ring substituents is 2. The third kappa shape index (κ3) is 3.36. The lowest BCUT2D eigenvalue weighted by atomic mass is 10.1. The number of nitrogens with one attached hydrogen (secondary N) is 1. The second-order valence-corrected chi connectivity index (χ2v) is 8.49. The number of ether oxygens (including phenoxy) is 2. The third-order valence-electron chi connectivity index (χ3n) is 5.74. The van der Waals surface area contributed by atoms with E-state index in [4.69, 9.17) is 9.47 Å². The quantitative estimate of drug-likeness (QED) is 0.391. The van der Waals surface area contributed by atoms with Crippen LogP contribution in [0, 0.1) is 38.0 Å². The highest BCUT2D eigenvalue weighted by atomic mass is 32.1. The molecular weight excluding hydrogens is 444 g/mol. The predicted molar refractivity (Wildman–Crippen MR) is 108 cm³/mol. The molecule has 1 unspecified atom stereocenters. The van der Waals surface area contributed by atoms with Gasteiger partial charge in [0.25, 0.3) is 17.3 Å². The Morgan fingerprint density at radius 2 is 1.88 bits per heavy atom. The normalized spacial score (nSPS) is 28.8. The highest BCUT2D eigenvalue weighted by Crippen LogP contribution is 2.57. The fourth-order valence-corrected chi connectivity index (χ4v) is 4.99.